The molecule has 25 heavy (non-hydrogen) atoms. The molecule has 0 radical (unpaired) electrons. The smallest absolute Gasteiger partial charge is 0.167 e. The van der Waals surface area contributed by atoms with Crippen molar-refractivity contribution in [2.45, 2.75) is 19.8 Å². The number of aromatic hydroxyl groups is 1. The number of hydrogen-bond acceptors (Lipinski definition) is 1. The molecule has 0 saturated carbocycles. The molecule has 0 unspecified atom stereocenters. The van der Waals surface area contributed by atoms with Crippen LogP contribution in [-0.4, -0.2) is 5.11 Å². The number of hydrogen-bond donors (Lipinski definition) is 1. The van der Waals surface area contributed by atoms with E-state index >= 15 is 0 Å². The minimum Gasteiger partial charge on any atom is -0.504 e. The first-order chi connectivity index (χ1) is 12.0. The molecule has 0 aliphatic heterocycles. The van der Waals surface area contributed by atoms with Gasteiger partial charge in [0.2, 0.25) is 0 Å². The van der Waals surface area contributed by atoms with Crippen LogP contribution in [0.4, 0.5) is 13.2 Å². The second kappa shape index (κ2) is 7.01. The van der Waals surface area contributed by atoms with Gasteiger partial charge in [-0.3, -0.25) is 0 Å². The first-order valence-corrected chi connectivity index (χ1v) is 8.08. The van der Waals surface area contributed by atoms with Crippen LogP contribution in [0.15, 0.2) is 54.6 Å². The first-order valence-electron chi connectivity index (χ1n) is 8.08. The predicted molar refractivity (Wildman–Crippen MR) is 92.8 cm³/mol. The number of rotatable bonds is 4. The lowest BCUT2D eigenvalue weighted by Gasteiger charge is -2.11. The summed E-state index contributed by atoms with van der Waals surface area (Å²) in [6, 6.07) is 13.8. The molecule has 0 aromatic heterocycles. The lowest BCUT2D eigenvalue weighted by molar-refractivity contribution is 0.433. The largest absolute Gasteiger partial charge is 0.504 e. The first kappa shape index (κ1) is 17.1. The van der Waals surface area contributed by atoms with Crippen LogP contribution in [0.2, 0.25) is 0 Å². The van der Waals surface area contributed by atoms with E-state index in [1.165, 1.54) is 24.3 Å². The van der Waals surface area contributed by atoms with Gasteiger partial charge in [-0.15, -0.1) is 0 Å². The maximum atomic E-state index is 14.6. The Balaban J connectivity index is 2.05. The van der Waals surface area contributed by atoms with Gasteiger partial charge in [-0.1, -0.05) is 61.9 Å². The Kier molecular flexibility index (Phi) is 4.79. The van der Waals surface area contributed by atoms with E-state index in [0.717, 1.165) is 24.5 Å². The van der Waals surface area contributed by atoms with Gasteiger partial charge in [0, 0.05) is 16.7 Å². The number of para-hydroxylation sites is 1. The molecule has 0 amide bonds. The van der Waals surface area contributed by atoms with Gasteiger partial charge in [0.15, 0.2) is 23.2 Å². The van der Waals surface area contributed by atoms with Gasteiger partial charge in [-0.25, -0.2) is 13.2 Å². The van der Waals surface area contributed by atoms with Crippen LogP contribution in [0, 0.1) is 17.5 Å². The van der Waals surface area contributed by atoms with E-state index < -0.39 is 23.2 Å². The molecule has 3 rings (SSSR count). The molecule has 0 aliphatic carbocycles. The number of phenols is 1. The van der Waals surface area contributed by atoms with Crippen LogP contribution in [-0.2, 0) is 6.42 Å². The molecule has 0 bridgehead atoms. The van der Waals surface area contributed by atoms with E-state index in [0.29, 0.717) is 5.56 Å². The molecule has 0 fully saturated rings. The second-order valence-electron chi connectivity index (χ2n) is 5.87. The molecule has 0 saturated heterocycles. The van der Waals surface area contributed by atoms with Gasteiger partial charge >= 0.3 is 0 Å². The van der Waals surface area contributed by atoms with Gasteiger partial charge in [-0.05, 0) is 23.6 Å². The average molecular weight is 342 g/mol. The van der Waals surface area contributed by atoms with Crippen LogP contribution >= 0.6 is 0 Å². The fourth-order valence-corrected chi connectivity index (χ4v) is 2.85. The average Bonchev–Trinajstić information content (AvgIpc) is 2.61. The second-order valence-corrected chi connectivity index (χ2v) is 5.87. The van der Waals surface area contributed by atoms with Crippen molar-refractivity contribution in [3.63, 3.8) is 0 Å². The third-order valence-electron chi connectivity index (χ3n) is 4.16. The van der Waals surface area contributed by atoms with Crippen molar-refractivity contribution in [2.24, 2.45) is 0 Å². The molecular formula is C21H17F3O. The van der Waals surface area contributed by atoms with Crippen LogP contribution in [0.1, 0.15) is 18.9 Å². The summed E-state index contributed by atoms with van der Waals surface area (Å²) in [6.45, 7) is 2.07. The monoisotopic (exact) mass is 342 g/mol. The van der Waals surface area contributed by atoms with Crippen LogP contribution in [0.3, 0.4) is 0 Å². The van der Waals surface area contributed by atoms with Gasteiger partial charge < -0.3 is 5.11 Å². The van der Waals surface area contributed by atoms with E-state index in [2.05, 4.69) is 6.92 Å². The Bertz CT molecular complexity index is 902. The summed E-state index contributed by atoms with van der Waals surface area (Å²) in [5.74, 6) is -3.72. The van der Waals surface area contributed by atoms with Crippen molar-refractivity contribution in [3.8, 4) is 28.0 Å². The van der Waals surface area contributed by atoms with Gasteiger partial charge in [0.05, 0.1) is 0 Å². The molecule has 0 aliphatic rings. The molecular weight excluding hydrogens is 325 g/mol. The summed E-state index contributed by atoms with van der Waals surface area (Å²) in [4.78, 5) is 0. The summed E-state index contributed by atoms with van der Waals surface area (Å²) >= 11 is 0. The molecule has 3 aromatic carbocycles. The Morgan fingerprint density at radius 2 is 1.40 bits per heavy atom. The van der Waals surface area contributed by atoms with Crippen molar-refractivity contribution in [1.29, 1.82) is 0 Å². The summed E-state index contributed by atoms with van der Waals surface area (Å²) < 4.78 is 42.6. The van der Waals surface area contributed by atoms with E-state index in [1.807, 2.05) is 12.1 Å². The highest BCUT2D eigenvalue weighted by Crippen LogP contribution is 2.36. The molecule has 0 atom stereocenters. The Labute approximate surface area is 144 Å². The normalized spacial score (nSPS) is 10.9. The Hall–Kier alpha value is -2.75. The lowest BCUT2D eigenvalue weighted by atomic mass is 9.97. The zero-order chi connectivity index (χ0) is 18.0. The maximum Gasteiger partial charge on any atom is 0.167 e. The highest BCUT2D eigenvalue weighted by molar-refractivity contribution is 5.75. The lowest BCUT2D eigenvalue weighted by Crippen LogP contribution is -1.95. The fraction of sp³-hybridized carbons (Fsp3) is 0.143. The van der Waals surface area contributed by atoms with Crippen molar-refractivity contribution in [3.05, 3.63) is 77.6 Å². The zero-order valence-electron chi connectivity index (χ0n) is 13.7. The van der Waals surface area contributed by atoms with E-state index in [-0.39, 0.29) is 16.7 Å². The summed E-state index contributed by atoms with van der Waals surface area (Å²) in [5, 5.41) is 9.77. The summed E-state index contributed by atoms with van der Waals surface area (Å²) in [7, 11) is 0. The third kappa shape index (κ3) is 3.25. The highest BCUT2D eigenvalue weighted by Gasteiger charge is 2.19. The SMILES string of the molecule is CCCc1ccc(-c2ccc(-c3cccc(F)c3O)c(F)c2F)cc1. The minimum atomic E-state index is -1.11. The van der Waals surface area contributed by atoms with Crippen molar-refractivity contribution >= 4 is 0 Å². The number of aryl methyl sites for hydroxylation is 1. The van der Waals surface area contributed by atoms with Crippen molar-refractivity contribution < 1.29 is 18.3 Å². The molecule has 4 heteroatoms. The van der Waals surface area contributed by atoms with Crippen LogP contribution < -0.4 is 0 Å². The van der Waals surface area contributed by atoms with Gasteiger partial charge in [0.25, 0.3) is 0 Å². The minimum absolute atomic E-state index is 0.0822. The zero-order valence-corrected chi connectivity index (χ0v) is 13.7. The van der Waals surface area contributed by atoms with E-state index in [4.69, 9.17) is 0 Å². The predicted octanol–water partition coefficient (Wildman–Crippen LogP) is 6.10. The summed E-state index contributed by atoms with van der Waals surface area (Å²) in [6.07, 6.45) is 1.93. The van der Waals surface area contributed by atoms with Gasteiger partial charge in [0.1, 0.15) is 0 Å². The van der Waals surface area contributed by atoms with Crippen molar-refractivity contribution in [2.75, 3.05) is 0 Å². The highest BCUT2D eigenvalue weighted by atomic mass is 19.2. The third-order valence-corrected chi connectivity index (χ3v) is 4.16. The Morgan fingerprint density at radius 1 is 0.760 bits per heavy atom. The molecule has 128 valence electrons. The number of halogens is 3. The maximum absolute atomic E-state index is 14.6. The topological polar surface area (TPSA) is 20.2 Å². The molecule has 3 aromatic rings. The fourth-order valence-electron chi connectivity index (χ4n) is 2.85. The van der Waals surface area contributed by atoms with Crippen molar-refractivity contribution in [1.82, 2.24) is 0 Å². The standard InChI is InChI=1S/C21H17F3O/c1-2-4-13-7-9-14(10-8-13)15-11-12-16(20(24)19(15)23)17-5-3-6-18(22)21(17)25/h3,5-12,25H,2,4H2,1H3. The molecule has 0 heterocycles. The van der Waals surface area contributed by atoms with Gasteiger partial charge in [-0.2, -0.15) is 0 Å². The number of phenolic OH excluding ortho intramolecular Hbond substituents is 1. The molecule has 1 nitrogen and oxygen atoms in total. The number of benzene rings is 3. The van der Waals surface area contributed by atoms with Crippen LogP contribution in [0.25, 0.3) is 22.3 Å². The quantitative estimate of drug-likeness (QED) is 0.608. The Morgan fingerprint density at radius 3 is 2.08 bits per heavy atom. The van der Waals surface area contributed by atoms with E-state index in [9.17, 15) is 18.3 Å². The van der Waals surface area contributed by atoms with E-state index in [1.54, 1.807) is 12.1 Å². The molecule has 1 N–H and O–H groups in total. The molecule has 0 spiro atoms. The summed E-state index contributed by atoms with van der Waals surface area (Å²) in [5.41, 5.74) is 1.56. The van der Waals surface area contributed by atoms with Crippen LogP contribution in [0.5, 0.6) is 5.75 Å².